The fourth-order valence-corrected chi connectivity index (χ4v) is 5.97. The third-order valence-electron chi connectivity index (χ3n) is 8.38. The van der Waals surface area contributed by atoms with Gasteiger partial charge in [-0.1, -0.05) is 30.3 Å². The van der Waals surface area contributed by atoms with E-state index in [0.29, 0.717) is 6.04 Å². The zero-order chi connectivity index (χ0) is 27.3. The molecule has 0 radical (unpaired) electrons. The van der Waals surface area contributed by atoms with Crippen molar-refractivity contribution in [1.82, 2.24) is 19.7 Å². The second kappa shape index (κ2) is 12.0. The first-order valence-electron chi connectivity index (χ1n) is 14.4. The quantitative estimate of drug-likeness (QED) is 0.353. The molecular formula is C32H38N6O2. The van der Waals surface area contributed by atoms with Crippen molar-refractivity contribution in [3.05, 3.63) is 101 Å². The van der Waals surface area contributed by atoms with Crippen molar-refractivity contribution in [1.29, 1.82) is 0 Å². The average molecular weight is 539 g/mol. The molecule has 8 heteroatoms. The predicted octanol–water partition coefficient (Wildman–Crippen LogP) is 4.64. The van der Waals surface area contributed by atoms with E-state index in [-0.39, 0.29) is 11.7 Å². The summed E-state index contributed by atoms with van der Waals surface area (Å²) in [5.74, 6) is 0.881. The Kier molecular flexibility index (Phi) is 7.86. The maximum atomic E-state index is 13.3. The van der Waals surface area contributed by atoms with Gasteiger partial charge in [-0.3, -0.25) is 0 Å². The van der Waals surface area contributed by atoms with E-state index in [2.05, 4.69) is 68.7 Å². The minimum absolute atomic E-state index is 0.0541. The fraction of sp³-hybridized carbons (Fsp3) is 0.375. The summed E-state index contributed by atoms with van der Waals surface area (Å²) in [6.07, 6.45) is 5.70. The fourth-order valence-electron chi connectivity index (χ4n) is 5.97. The van der Waals surface area contributed by atoms with Crippen LogP contribution in [0.2, 0.25) is 0 Å². The van der Waals surface area contributed by atoms with Crippen LogP contribution in [-0.4, -0.2) is 53.7 Å². The summed E-state index contributed by atoms with van der Waals surface area (Å²) < 4.78 is 8.65. The number of anilines is 2. The number of piperazine rings is 1. The third-order valence-corrected chi connectivity index (χ3v) is 8.38. The van der Waals surface area contributed by atoms with Crippen LogP contribution in [0.15, 0.2) is 90.0 Å². The SMILES string of the molecule is COc1ccc(N2CCN(c3ccc(-n4cnn([C@H]5CC[C@@H](NCc6ccccc6)CC5)c4=O)cc3)CC2)cc1. The Morgan fingerprint density at radius 1 is 0.775 bits per heavy atom. The Morgan fingerprint density at radius 3 is 1.95 bits per heavy atom. The Morgan fingerprint density at radius 2 is 1.35 bits per heavy atom. The molecule has 40 heavy (non-hydrogen) atoms. The molecule has 1 saturated carbocycles. The molecule has 6 rings (SSSR count). The van der Waals surface area contributed by atoms with E-state index in [9.17, 15) is 4.79 Å². The van der Waals surface area contributed by atoms with Crippen molar-refractivity contribution in [3.63, 3.8) is 0 Å². The minimum Gasteiger partial charge on any atom is -0.497 e. The lowest BCUT2D eigenvalue weighted by atomic mass is 9.91. The predicted molar refractivity (Wildman–Crippen MR) is 160 cm³/mol. The zero-order valence-electron chi connectivity index (χ0n) is 23.2. The van der Waals surface area contributed by atoms with Crippen LogP contribution in [0, 0.1) is 0 Å². The number of hydrogen-bond acceptors (Lipinski definition) is 6. The molecule has 1 aliphatic heterocycles. The third kappa shape index (κ3) is 5.77. The first-order chi connectivity index (χ1) is 19.7. The molecule has 1 aromatic heterocycles. The summed E-state index contributed by atoms with van der Waals surface area (Å²) in [4.78, 5) is 18.1. The van der Waals surface area contributed by atoms with Crippen molar-refractivity contribution in [2.45, 2.75) is 44.3 Å². The molecule has 2 fully saturated rings. The van der Waals surface area contributed by atoms with Crippen LogP contribution in [0.5, 0.6) is 5.75 Å². The average Bonchev–Trinajstić information content (AvgIpc) is 3.42. The molecule has 2 aliphatic rings. The van der Waals surface area contributed by atoms with Crippen molar-refractivity contribution in [2.24, 2.45) is 0 Å². The second-order valence-electron chi connectivity index (χ2n) is 10.8. The van der Waals surface area contributed by atoms with Gasteiger partial charge in [-0.2, -0.15) is 5.10 Å². The molecule has 8 nitrogen and oxygen atoms in total. The van der Waals surface area contributed by atoms with Crippen LogP contribution in [-0.2, 0) is 6.54 Å². The minimum atomic E-state index is -0.0541. The highest BCUT2D eigenvalue weighted by Gasteiger charge is 2.25. The van der Waals surface area contributed by atoms with Crippen molar-refractivity contribution >= 4 is 11.4 Å². The highest BCUT2D eigenvalue weighted by molar-refractivity contribution is 5.54. The van der Waals surface area contributed by atoms with Crippen LogP contribution < -0.4 is 25.5 Å². The van der Waals surface area contributed by atoms with Crippen molar-refractivity contribution in [2.75, 3.05) is 43.1 Å². The van der Waals surface area contributed by atoms with Gasteiger partial charge in [-0.15, -0.1) is 0 Å². The number of nitrogens with zero attached hydrogens (tertiary/aromatic N) is 5. The van der Waals surface area contributed by atoms with Gasteiger partial charge in [-0.05, 0) is 79.8 Å². The largest absolute Gasteiger partial charge is 0.497 e. The molecule has 1 aliphatic carbocycles. The molecule has 0 spiro atoms. The highest BCUT2D eigenvalue weighted by Crippen LogP contribution is 2.28. The van der Waals surface area contributed by atoms with Crippen molar-refractivity contribution < 1.29 is 4.74 Å². The molecule has 208 valence electrons. The molecule has 2 heterocycles. The van der Waals surface area contributed by atoms with E-state index in [1.54, 1.807) is 22.7 Å². The molecular weight excluding hydrogens is 500 g/mol. The van der Waals surface area contributed by atoms with Crippen LogP contribution in [0.3, 0.4) is 0 Å². The van der Waals surface area contributed by atoms with Gasteiger partial charge in [0.05, 0.1) is 18.8 Å². The molecule has 0 bridgehead atoms. The summed E-state index contributed by atoms with van der Waals surface area (Å²) >= 11 is 0. The number of methoxy groups -OCH3 is 1. The summed E-state index contributed by atoms with van der Waals surface area (Å²) in [5, 5.41) is 8.20. The highest BCUT2D eigenvalue weighted by atomic mass is 16.5. The molecule has 3 aromatic carbocycles. The maximum Gasteiger partial charge on any atom is 0.350 e. The van der Waals surface area contributed by atoms with Crippen LogP contribution in [0.1, 0.15) is 37.3 Å². The van der Waals surface area contributed by atoms with Gasteiger partial charge in [0.25, 0.3) is 0 Å². The van der Waals surface area contributed by atoms with Gasteiger partial charge in [0.2, 0.25) is 0 Å². The Labute approximate surface area is 235 Å². The van der Waals surface area contributed by atoms with Gasteiger partial charge < -0.3 is 19.9 Å². The monoisotopic (exact) mass is 538 g/mol. The van der Waals surface area contributed by atoms with Crippen molar-refractivity contribution in [3.8, 4) is 11.4 Å². The summed E-state index contributed by atoms with van der Waals surface area (Å²) in [6, 6.07) is 27.7. The van der Waals surface area contributed by atoms with Gasteiger partial charge in [0.15, 0.2) is 0 Å². The molecule has 0 atom stereocenters. The van der Waals surface area contributed by atoms with Gasteiger partial charge in [0.1, 0.15) is 12.1 Å². The summed E-state index contributed by atoms with van der Waals surface area (Å²) in [6.45, 7) is 4.71. The normalized spacial score (nSPS) is 19.5. The number of aromatic nitrogens is 3. The molecule has 1 saturated heterocycles. The first-order valence-corrected chi connectivity index (χ1v) is 14.4. The lowest BCUT2D eigenvalue weighted by molar-refractivity contribution is 0.270. The first kappa shape index (κ1) is 26.2. The molecule has 4 aromatic rings. The van der Waals surface area contributed by atoms with Crippen LogP contribution in [0.4, 0.5) is 11.4 Å². The number of rotatable bonds is 8. The van der Waals surface area contributed by atoms with Gasteiger partial charge in [0, 0.05) is 50.1 Å². The van der Waals surface area contributed by atoms with E-state index in [1.807, 2.05) is 30.3 Å². The number of ether oxygens (including phenoxy) is 1. The molecule has 0 amide bonds. The number of nitrogens with one attached hydrogen (secondary N) is 1. The lowest BCUT2D eigenvalue weighted by Gasteiger charge is -2.37. The number of hydrogen-bond donors (Lipinski definition) is 1. The topological polar surface area (TPSA) is 67.6 Å². The van der Waals surface area contributed by atoms with E-state index in [4.69, 9.17) is 4.74 Å². The molecule has 0 unspecified atom stereocenters. The zero-order valence-corrected chi connectivity index (χ0v) is 23.2. The Balaban J connectivity index is 1.03. The second-order valence-corrected chi connectivity index (χ2v) is 10.8. The van der Waals surface area contributed by atoms with Gasteiger partial charge >= 0.3 is 5.69 Å². The maximum absolute atomic E-state index is 13.3. The smallest absolute Gasteiger partial charge is 0.350 e. The Hall–Kier alpha value is -4.04. The van der Waals surface area contributed by atoms with Crippen LogP contribution in [0.25, 0.3) is 5.69 Å². The number of benzene rings is 3. The van der Waals surface area contributed by atoms with E-state index >= 15 is 0 Å². The molecule has 1 N–H and O–H groups in total. The Bertz CT molecular complexity index is 1420. The lowest BCUT2D eigenvalue weighted by Crippen LogP contribution is -2.46. The van der Waals surface area contributed by atoms with E-state index < -0.39 is 0 Å². The van der Waals surface area contributed by atoms with Crippen LogP contribution >= 0.6 is 0 Å². The standard InChI is InChI=1S/C32H38N6O2/c1-40-31-17-15-28(16-18-31)36-21-19-35(20-22-36)27-11-13-29(14-12-27)37-24-34-38(32(37)39)30-9-7-26(8-10-30)33-23-25-5-3-2-4-6-25/h2-6,11-18,24,26,30,33H,7-10,19-23H2,1H3/t26-,30+. The van der Waals surface area contributed by atoms with E-state index in [0.717, 1.165) is 69.8 Å². The van der Waals surface area contributed by atoms with E-state index in [1.165, 1.54) is 16.9 Å². The summed E-state index contributed by atoms with van der Waals surface area (Å²) in [5.41, 5.74) is 4.52. The van der Waals surface area contributed by atoms with Gasteiger partial charge in [-0.25, -0.2) is 14.0 Å². The summed E-state index contributed by atoms with van der Waals surface area (Å²) in [7, 11) is 1.69.